The van der Waals surface area contributed by atoms with Crippen molar-refractivity contribution in [1.29, 1.82) is 0 Å². The number of nitrogens with zero attached hydrogens (tertiary/aromatic N) is 1. The molecule has 0 amide bonds. The monoisotopic (exact) mass is 403 g/mol. The van der Waals surface area contributed by atoms with Crippen LogP contribution in [0.5, 0.6) is 11.5 Å². The second-order valence-electron chi connectivity index (χ2n) is 6.94. The summed E-state index contributed by atoms with van der Waals surface area (Å²) >= 11 is 6.24. The van der Waals surface area contributed by atoms with Crippen molar-refractivity contribution in [1.82, 2.24) is 4.90 Å². The lowest BCUT2D eigenvalue weighted by Gasteiger charge is -2.34. The van der Waals surface area contributed by atoms with Gasteiger partial charge in [-0.2, -0.15) is 0 Å². The van der Waals surface area contributed by atoms with Gasteiger partial charge in [0.1, 0.15) is 28.2 Å². The zero-order valence-electron chi connectivity index (χ0n) is 16.8. The van der Waals surface area contributed by atoms with Gasteiger partial charge in [0.2, 0.25) is 0 Å². The highest BCUT2D eigenvalue weighted by atomic mass is 35.5. The molecule has 0 aliphatic carbocycles. The Balaban J connectivity index is 1.92. The van der Waals surface area contributed by atoms with E-state index >= 15 is 0 Å². The molecular formula is C21H20ClNO5. The Hall–Kier alpha value is -2.54. The molecule has 3 aromatic rings. The van der Waals surface area contributed by atoms with Crippen molar-refractivity contribution >= 4 is 22.6 Å². The molecule has 1 aromatic heterocycles. The average Bonchev–Trinajstić information content (AvgIpc) is 2.68. The summed E-state index contributed by atoms with van der Waals surface area (Å²) in [6.45, 7) is -0.788. The van der Waals surface area contributed by atoms with E-state index in [1.54, 1.807) is 24.3 Å². The molecule has 0 bridgehead atoms. The number of β-amino-alcohol motifs (C(OH)–C–C–N with tert-alkyl or cyclic N) is 1. The van der Waals surface area contributed by atoms with Crippen LogP contribution in [0.3, 0.4) is 0 Å². The van der Waals surface area contributed by atoms with Crippen molar-refractivity contribution in [2.75, 3.05) is 20.1 Å². The molecule has 7 heteroatoms. The van der Waals surface area contributed by atoms with Gasteiger partial charge in [0.05, 0.1) is 11.1 Å². The van der Waals surface area contributed by atoms with Crippen LogP contribution >= 0.6 is 11.6 Å². The fourth-order valence-corrected chi connectivity index (χ4v) is 4.00. The van der Waals surface area contributed by atoms with Gasteiger partial charge in [0.25, 0.3) is 0 Å². The number of likely N-dealkylation sites (tertiary alicyclic amines) is 1. The van der Waals surface area contributed by atoms with Crippen molar-refractivity contribution in [3.8, 4) is 22.8 Å². The standard InChI is InChI=1S/C21H20ClNO5/c1-23-7-6-12(17(27)10-23)19-14(24)8-15(25)20-16(26)9-18(28-21(19)20)11-4-2-3-5-13(11)22/h2-5,8-9,12,17,24-25,27H,6-7,10H2,1H3/t12-,17+/m0/s1/i1D2. The molecule has 2 heterocycles. The maximum absolute atomic E-state index is 12.8. The minimum atomic E-state index is -1.21. The molecule has 6 nitrogen and oxygen atoms in total. The number of rotatable bonds is 2. The van der Waals surface area contributed by atoms with E-state index in [4.69, 9.17) is 18.8 Å². The molecule has 0 saturated carbocycles. The van der Waals surface area contributed by atoms with E-state index < -0.39 is 30.2 Å². The van der Waals surface area contributed by atoms with Gasteiger partial charge in [-0.05, 0) is 32.1 Å². The Morgan fingerprint density at radius 2 is 2.04 bits per heavy atom. The van der Waals surface area contributed by atoms with Gasteiger partial charge in [-0.25, -0.2) is 0 Å². The quantitative estimate of drug-likeness (QED) is 0.607. The number of hydrogen-bond acceptors (Lipinski definition) is 6. The minimum Gasteiger partial charge on any atom is -0.507 e. The van der Waals surface area contributed by atoms with Gasteiger partial charge in [-0.3, -0.25) is 4.79 Å². The lowest BCUT2D eigenvalue weighted by molar-refractivity contribution is 0.0630. The smallest absolute Gasteiger partial charge is 0.197 e. The predicted octanol–water partition coefficient (Wildman–Crippen LogP) is 3.30. The second kappa shape index (κ2) is 7.13. The van der Waals surface area contributed by atoms with Crippen LogP contribution in [0.25, 0.3) is 22.3 Å². The Morgan fingerprint density at radius 3 is 2.75 bits per heavy atom. The van der Waals surface area contributed by atoms with E-state index in [9.17, 15) is 20.1 Å². The molecule has 1 saturated heterocycles. The Labute approximate surface area is 169 Å². The predicted molar refractivity (Wildman–Crippen MR) is 107 cm³/mol. The largest absolute Gasteiger partial charge is 0.507 e. The highest BCUT2D eigenvalue weighted by Crippen LogP contribution is 2.42. The topological polar surface area (TPSA) is 94.1 Å². The van der Waals surface area contributed by atoms with E-state index in [0.717, 1.165) is 6.07 Å². The third-order valence-corrected chi connectivity index (χ3v) is 5.45. The SMILES string of the molecule is [2H]C([2H])N1CC[C@H](c2c(O)cc(O)c3c(=O)cc(-c4ccccc4Cl)oc23)[C@H](O)C1. The number of likely N-dealkylation sites (N-methyl/N-ethyl adjacent to an activating group) is 1. The van der Waals surface area contributed by atoms with E-state index in [1.165, 1.54) is 11.0 Å². The second-order valence-corrected chi connectivity index (χ2v) is 7.35. The molecule has 2 aromatic carbocycles. The van der Waals surface area contributed by atoms with Crippen LogP contribution in [-0.2, 0) is 0 Å². The Kier molecular flexibility index (Phi) is 4.18. The number of phenolic OH excluding ortho intramolecular Hbond substituents is 2. The number of halogens is 1. The summed E-state index contributed by atoms with van der Waals surface area (Å²) in [5.41, 5.74) is 0.177. The van der Waals surface area contributed by atoms with Crippen LogP contribution in [0.2, 0.25) is 5.02 Å². The first-order chi connectivity index (χ1) is 14.3. The third-order valence-electron chi connectivity index (χ3n) is 5.12. The van der Waals surface area contributed by atoms with E-state index in [0.29, 0.717) is 23.6 Å². The molecule has 146 valence electrons. The number of phenols is 2. The van der Waals surface area contributed by atoms with Crippen molar-refractivity contribution in [2.45, 2.75) is 18.4 Å². The van der Waals surface area contributed by atoms with Gasteiger partial charge in [0.15, 0.2) is 5.43 Å². The summed E-state index contributed by atoms with van der Waals surface area (Å²) in [5, 5.41) is 31.8. The fourth-order valence-electron chi connectivity index (χ4n) is 3.77. The summed E-state index contributed by atoms with van der Waals surface area (Å²) in [7, 11) is 0. The van der Waals surface area contributed by atoms with Crippen LogP contribution in [0.15, 0.2) is 45.6 Å². The lowest BCUT2D eigenvalue weighted by Crippen LogP contribution is -2.40. The number of aromatic hydroxyl groups is 2. The molecule has 0 spiro atoms. The first-order valence-corrected chi connectivity index (χ1v) is 9.20. The van der Waals surface area contributed by atoms with Crippen molar-refractivity contribution in [3.05, 3.63) is 57.2 Å². The first-order valence-electron chi connectivity index (χ1n) is 9.97. The Morgan fingerprint density at radius 1 is 1.25 bits per heavy atom. The number of hydrogen-bond donors (Lipinski definition) is 3. The van der Waals surface area contributed by atoms with Crippen LogP contribution in [0.1, 0.15) is 20.6 Å². The van der Waals surface area contributed by atoms with Gasteiger partial charge in [0, 0.05) is 38.5 Å². The van der Waals surface area contributed by atoms with E-state index in [-0.39, 0.29) is 34.6 Å². The molecule has 1 aliphatic rings. The normalized spacial score (nSPS) is 21.7. The van der Waals surface area contributed by atoms with Crippen LogP contribution < -0.4 is 5.43 Å². The summed E-state index contributed by atoms with van der Waals surface area (Å²) in [5.74, 6) is -1.15. The van der Waals surface area contributed by atoms with Crippen molar-refractivity contribution in [2.24, 2.45) is 0 Å². The maximum atomic E-state index is 12.8. The molecule has 0 radical (unpaired) electrons. The van der Waals surface area contributed by atoms with Gasteiger partial charge in [-0.15, -0.1) is 0 Å². The molecular weight excluding hydrogens is 382 g/mol. The Bertz CT molecular complexity index is 1170. The molecule has 1 aliphatic heterocycles. The molecule has 4 rings (SSSR count). The van der Waals surface area contributed by atoms with E-state index in [2.05, 4.69) is 0 Å². The molecule has 28 heavy (non-hydrogen) atoms. The maximum Gasteiger partial charge on any atom is 0.197 e. The van der Waals surface area contributed by atoms with Gasteiger partial charge >= 0.3 is 0 Å². The van der Waals surface area contributed by atoms with Crippen LogP contribution in [0.4, 0.5) is 0 Å². The summed E-state index contributed by atoms with van der Waals surface area (Å²) in [6, 6.07) is 9.12. The van der Waals surface area contributed by atoms with Crippen molar-refractivity contribution in [3.63, 3.8) is 0 Å². The highest BCUT2D eigenvalue weighted by molar-refractivity contribution is 6.33. The number of benzene rings is 2. The number of fused-ring (bicyclic) bond motifs is 1. The molecule has 2 atom stereocenters. The number of piperidine rings is 1. The fraction of sp³-hybridized carbons (Fsp3) is 0.286. The van der Waals surface area contributed by atoms with Crippen LogP contribution in [-0.4, -0.2) is 46.4 Å². The summed E-state index contributed by atoms with van der Waals surface area (Å²) in [4.78, 5) is 14.3. The summed E-state index contributed by atoms with van der Waals surface area (Å²) in [6.07, 6.45) is -0.659. The zero-order valence-corrected chi connectivity index (χ0v) is 15.6. The first kappa shape index (κ1) is 16.4. The van der Waals surface area contributed by atoms with Gasteiger partial charge in [-0.1, -0.05) is 23.7 Å². The zero-order chi connectivity index (χ0) is 21.6. The van der Waals surface area contributed by atoms with Crippen molar-refractivity contribution < 1.29 is 22.5 Å². The van der Waals surface area contributed by atoms with Crippen LogP contribution in [0, 0.1) is 0 Å². The number of aliphatic hydroxyl groups excluding tert-OH is 1. The van der Waals surface area contributed by atoms with E-state index in [1.807, 2.05) is 0 Å². The third kappa shape index (κ3) is 3.13. The molecule has 1 fully saturated rings. The highest BCUT2D eigenvalue weighted by Gasteiger charge is 2.33. The summed E-state index contributed by atoms with van der Waals surface area (Å²) < 4.78 is 21.0. The molecule has 3 N–H and O–H groups in total. The average molecular weight is 404 g/mol. The number of aliphatic hydroxyl groups is 1. The molecule has 0 unspecified atom stereocenters. The minimum absolute atomic E-state index is 0.0132. The lowest BCUT2D eigenvalue weighted by atomic mass is 9.85. The van der Waals surface area contributed by atoms with Gasteiger partial charge < -0.3 is 24.6 Å².